The van der Waals surface area contributed by atoms with Crippen LogP contribution in [0.3, 0.4) is 0 Å². The number of ether oxygens (including phenoxy) is 2. The van der Waals surface area contributed by atoms with E-state index in [1.165, 1.54) is 6.07 Å². The highest BCUT2D eigenvalue weighted by atomic mass is 19.1. The number of aliphatic hydroxyl groups is 1. The Morgan fingerprint density at radius 2 is 1.48 bits per heavy atom. The molecule has 2 N–H and O–H groups in total. The summed E-state index contributed by atoms with van der Waals surface area (Å²) in [5.74, 6) is -0.555. The third kappa shape index (κ3) is 5.56. The van der Waals surface area contributed by atoms with Crippen LogP contribution in [0.2, 0.25) is 0 Å². The van der Waals surface area contributed by atoms with Gasteiger partial charge in [-0.1, -0.05) is 60.7 Å². The number of hydrogen-bond donors (Lipinski definition) is 2. The van der Waals surface area contributed by atoms with Gasteiger partial charge in [-0.3, -0.25) is 4.79 Å². The van der Waals surface area contributed by atoms with E-state index in [0.717, 1.165) is 11.1 Å². The molecule has 0 bridgehead atoms. The number of amides is 1. The molecule has 0 spiro atoms. The van der Waals surface area contributed by atoms with Crippen LogP contribution >= 0.6 is 0 Å². The summed E-state index contributed by atoms with van der Waals surface area (Å²) < 4.78 is 26.7. The minimum Gasteiger partial charge on any atom is -0.485 e. The molecule has 0 saturated carbocycles. The molecule has 0 heterocycles. The SMILES string of the molecule is O=CNC[C@@H](O)c1ccc(OCc2ccccc2)c(OCc2ccccc2)c1F. The number of aliphatic hydroxyl groups excluding tert-OH is 1. The van der Waals surface area contributed by atoms with E-state index in [1.54, 1.807) is 6.07 Å². The topological polar surface area (TPSA) is 67.8 Å². The Kier molecular flexibility index (Phi) is 7.19. The van der Waals surface area contributed by atoms with Gasteiger partial charge in [0.2, 0.25) is 6.41 Å². The van der Waals surface area contributed by atoms with Crippen LogP contribution in [-0.2, 0) is 18.0 Å². The molecule has 1 amide bonds. The van der Waals surface area contributed by atoms with Crippen molar-refractivity contribution in [3.63, 3.8) is 0 Å². The Morgan fingerprint density at radius 3 is 2.07 bits per heavy atom. The Morgan fingerprint density at radius 1 is 0.897 bits per heavy atom. The van der Waals surface area contributed by atoms with Crippen LogP contribution in [0.25, 0.3) is 0 Å². The fourth-order valence-electron chi connectivity index (χ4n) is 2.79. The Balaban J connectivity index is 1.84. The minimum atomic E-state index is -1.21. The molecule has 0 fully saturated rings. The molecule has 0 aliphatic rings. The quantitative estimate of drug-likeness (QED) is 0.513. The van der Waals surface area contributed by atoms with Crippen molar-refractivity contribution < 1.29 is 23.8 Å². The zero-order chi connectivity index (χ0) is 20.5. The van der Waals surface area contributed by atoms with Gasteiger partial charge in [-0.25, -0.2) is 4.39 Å². The third-order valence-electron chi connectivity index (χ3n) is 4.31. The van der Waals surface area contributed by atoms with E-state index in [9.17, 15) is 9.90 Å². The number of halogens is 1. The molecule has 0 saturated heterocycles. The largest absolute Gasteiger partial charge is 0.485 e. The van der Waals surface area contributed by atoms with Gasteiger partial charge in [0.05, 0.1) is 6.10 Å². The van der Waals surface area contributed by atoms with Gasteiger partial charge in [-0.05, 0) is 23.3 Å². The van der Waals surface area contributed by atoms with Gasteiger partial charge in [0.1, 0.15) is 13.2 Å². The summed E-state index contributed by atoms with van der Waals surface area (Å²) in [7, 11) is 0. The molecule has 0 unspecified atom stereocenters. The first kappa shape index (κ1) is 20.4. The molecule has 3 aromatic carbocycles. The molecular formula is C23H22FNO4. The van der Waals surface area contributed by atoms with Gasteiger partial charge in [0, 0.05) is 12.1 Å². The Hall–Kier alpha value is -3.38. The van der Waals surface area contributed by atoms with Gasteiger partial charge in [0.25, 0.3) is 0 Å². The lowest BCUT2D eigenvalue weighted by Crippen LogP contribution is -2.20. The van der Waals surface area contributed by atoms with Gasteiger partial charge >= 0.3 is 0 Å². The molecule has 150 valence electrons. The van der Waals surface area contributed by atoms with Gasteiger partial charge in [-0.2, -0.15) is 0 Å². The van der Waals surface area contributed by atoms with Crippen molar-refractivity contribution in [3.8, 4) is 11.5 Å². The van der Waals surface area contributed by atoms with E-state index in [-0.39, 0.29) is 36.8 Å². The summed E-state index contributed by atoms with van der Waals surface area (Å²) in [5.41, 5.74) is 1.82. The molecular weight excluding hydrogens is 373 g/mol. The molecule has 3 aromatic rings. The number of nitrogens with one attached hydrogen (secondary N) is 1. The second-order valence-electron chi connectivity index (χ2n) is 6.39. The smallest absolute Gasteiger partial charge is 0.207 e. The maximum Gasteiger partial charge on any atom is 0.207 e. The van der Waals surface area contributed by atoms with Crippen molar-refractivity contribution >= 4 is 6.41 Å². The molecule has 3 rings (SSSR count). The first-order chi connectivity index (χ1) is 14.2. The second kappa shape index (κ2) is 10.2. The summed E-state index contributed by atoms with van der Waals surface area (Å²) in [6, 6.07) is 21.9. The van der Waals surface area contributed by atoms with Crippen LogP contribution in [0.4, 0.5) is 4.39 Å². The zero-order valence-corrected chi connectivity index (χ0v) is 15.8. The van der Waals surface area contributed by atoms with Gasteiger partial charge < -0.3 is 19.9 Å². The minimum absolute atomic E-state index is 0.0227. The van der Waals surface area contributed by atoms with Gasteiger partial charge in [-0.15, -0.1) is 0 Å². The fraction of sp³-hybridized carbons (Fsp3) is 0.174. The highest BCUT2D eigenvalue weighted by Gasteiger charge is 2.21. The third-order valence-corrected chi connectivity index (χ3v) is 4.31. The lowest BCUT2D eigenvalue weighted by Gasteiger charge is -2.18. The predicted octanol–water partition coefficient (Wildman–Crippen LogP) is 3.76. The first-order valence-electron chi connectivity index (χ1n) is 9.20. The van der Waals surface area contributed by atoms with E-state index in [4.69, 9.17) is 9.47 Å². The van der Waals surface area contributed by atoms with Gasteiger partial charge in [0.15, 0.2) is 17.3 Å². The lowest BCUT2D eigenvalue weighted by molar-refractivity contribution is -0.110. The van der Waals surface area contributed by atoms with E-state index >= 15 is 4.39 Å². The van der Waals surface area contributed by atoms with Crippen LogP contribution in [0, 0.1) is 5.82 Å². The molecule has 1 atom stereocenters. The van der Waals surface area contributed by atoms with Crippen LogP contribution in [0.15, 0.2) is 72.8 Å². The van der Waals surface area contributed by atoms with E-state index < -0.39 is 11.9 Å². The molecule has 29 heavy (non-hydrogen) atoms. The van der Waals surface area contributed by atoms with Crippen LogP contribution in [0.5, 0.6) is 11.5 Å². The summed E-state index contributed by atoms with van der Waals surface area (Å²) in [6.07, 6.45) is -0.756. The maximum absolute atomic E-state index is 15.2. The van der Waals surface area contributed by atoms with E-state index in [2.05, 4.69) is 5.32 Å². The van der Waals surface area contributed by atoms with Crippen molar-refractivity contribution in [3.05, 3.63) is 95.3 Å². The molecule has 0 aliphatic carbocycles. The lowest BCUT2D eigenvalue weighted by atomic mass is 10.1. The zero-order valence-electron chi connectivity index (χ0n) is 15.8. The summed E-state index contributed by atoms with van der Waals surface area (Å²) in [5, 5.41) is 12.5. The van der Waals surface area contributed by atoms with Crippen molar-refractivity contribution in [2.24, 2.45) is 0 Å². The molecule has 5 nitrogen and oxygen atoms in total. The molecule has 0 radical (unpaired) electrons. The number of rotatable bonds is 10. The maximum atomic E-state index is 15.2. The molecule has 6 heteroatoms. The van der Waals surface area contributed by atoms with Crippen LogP contribution in [-0.4, -0.2) is 18.1 Å². The predicted molar refractivity (Wildman–Crippen MR) is 107 cm³/mol. The van der Waals surface area contributed by atoms with Crippen LogP contribution < -0.4 is 14.8 Å². The number of hydrogen-bond acceptors (Lipinski definition) is 4. The summed E-state index contributed by atoms with van der Waals surface area (Å²) in [6.45, 7) is 0.283. The monoisotopic (exact) mass is 395 g/mol. The number of carbonyl (C=O) groups is 1. The van der Waals surface area contributed by atoms with Crippen molar-refractivity contribution in [2.45, 2.75) is 19.3 Å². The Labute approximate surface area is 168 Å². The number of benzene rings is 3. The average Bonchev–Trinajstić information content (AvgIpc) is 2.76. The van der Waals surface area contributed by atoms with Crippen molar-refractivity contribution in [2.75, 3.05) is 6.54 Å². The second-order valence-corrected chi connectivity index (χ2v) is 6.39. The van der Waals surface area contributed by atoms with E-state index in [1.807, 2.05) is 60.7 Å². The summed E-state index contributed by atoms with van der Waals surface area (Å²) >= 11 is 0. The average molecular weight is 395 g/mol. The Bertz CT molecular complexity index is 919. The first-order valence-corrected chi connectivity index (χ1v) is 9.20. The fourth-order valence-corrected chi connectivity index (χ4v) is 2.79. The standard InChI is InChI=1S/C23H22FNO4/c24-22-19(20(27)13-25-16-26)11-12-21(28-14-17-7-3-1-4-8-17)23(22)29-15-18-9-5-2-6-10-18/h1-12,16,20,27H,13-15H2,(H,25,26)/t20-/m1/s1. The molecule has 0 aliphatic heterocycles. The summed E-state index contributed by atoms with van der Waals surface area (Å²) in [4.78, 5) is 10.5. The van der Waals surface area contributed by atoms with Crippen molar-refractivity contribution in [1.29, 1.82) is 0 Å². The van der Waals surface area contributed by atoms with Crippen LogP contribution in [0.1, 0.15) is 22.8 Å². The highest BCUT2D eigenvalue weighted by Crippen LogP contribution is 2.36. The molecule has 0 aromatic heterocycles. The van der Waals surface area contributed by atoms with E-state index in [0.29, 0.717) is 6.41 Å². The normalized spacial score (nSPS) is 11.5. The van der Waals surface area contributed by atoms with Crippen molar-refractivity contribution in [1.82, 2.24) is 5.32 Å². The highest BCUT2D eigenvalue weighted by molar-refractivity contribution is 5.48. The number of carbonyl (C=O) groups excluding carboxylic acids is 1.